The van der Waals surface area contributed by atoms with E-state index in [4.69, 9.17) is 8.92 Å². The van der Waals surface area contributed by atoms with Gasteiger partial charge in [0.05, 0.1) is 7.11 Å². The van der Waals surface area contributed by atoms with Crippen LogP contribution < -0.4 is 4.74 Å². The third-order valence-corrected chi connectivity index (χ3v) is 5.55. The molecule has 1 atom stereocenters. The molecule has 0 fully saturated rings. The number of aromatic nitrogens is 1. The second kappa shape index (κ2) is 8.03. The van der Waals surface area contributed by atoms with Crippen LogP contribution in [0.2, 0.25) is 0 Å². The molecule has 0 saturated carbocycles. The zero-order valence-corrected chi connectivity index (χ0v) is 14.9. The van der Waals surface area contributed by atoms with Gasteiger partial charge in [0.2, 0.25) is 17.0 Å². The van der Waals surface area contributed by atoms with Gasteiger partial charge in [-0.1, -0.05) is 60.7 Å². The first-order valence-corrected chi connectivity index (χ1v) is 9.22. The van der Waals surface area contributed by atoms with Crippen molar-refractivity contribution in [2.45, 2.75) is 10.3 Å². The first-order chi connectivity index (χ1) is 12.2. The number of hydrogen-bond acceptors (Lipinski definition) is 6. The highest BCUT2D eigenvalue weighted by Crippen LogP contribution is 2.33. The van der Waals surface area contributed by atoms with Crippen LogP contribution in [0, 0.1) is 11.3 Å². The Morgan fingerprint density at radius 1 is 1.08 bits per heavy atom. The molecule has 126 valence electrons. The zero-order valence-electron chi connectivity index (χ0n) is 13.3. The summed E-state index contributed by atoms with van der Waals surface area (Å²) in [5, 5.41) is 9.43. The number of nitriles is 1. The van der Waals surface area contributed by atoms with Crippen molar-refractivity contribution in [1.82, 2.24) is 4.37 Å². The van der Waals surface area contributed by atoms with Gasteiger partial charge in [0.1, 0.15) is 11.6 Å². The van der Waals surface area contributed by atoms with Crippen LogP contribution in [-0.2, 0) is 15.3 Å². The van der Waals surface area contributed by atoms with Gasteiger partial charge in [0.25, 0.3) is 0 Å². The Bertz CT molecular complexity index is 866. The van der Waals surface area contributed by atoms with Crippen molar-refractivity contribution in [3.8, 4) is 11.9 Å². The molecular formula is C18H14N2O3S2. The van der Waals surface area contributed by atoms with E-state index in [-0.39, 0.29) is 15.7 Å². The lowest BCUT2D eigenvalue weighted by Gasteiger charge is -2.18. The fraction of sp³-hybridized carbons (Fsp3) is 0.111. The molecule has 0 aliphatic heterocycles. The maximum Gasteiger partial charge on any atom is 0.245 e. The van der Waals surface area contributed by atoms with Crippen LogP contribution in [-0.4, -0.2) is 15.7 Å². The van der Waals surface area contributed by atoms with Crippen LogP contribution in [0.3, 0.4) is 0 Å². The van der Waals surface area contributed by atoms with E-state index < -0.39 is 17.2 Å². The summed E-state index contributed by atoms with van der Waals surface area (Å²) in [6, 6.07) is 21.4. The topological polar surface area (TPSA) is 72.2 Å². The minimum absolute atomic E-state index is 0.141. The van der Waals surface area contributed by atoms with Gasteiger partial charge in [-0.05, 0) is 22.7 Å². The molecule has 0 aliphatic carbocycles. The summed E-state index contributed by atoms with van der Waals surface area (Å²) >= 11 is -0.788. The van der Waals surface area contributed by atoms with Crippen molar-refractivity contribution in [3.05, 3.63) is 77.4 Å². The average Bonchev–Trinajstić information content (AvgIpc) is 3.09. The van der Waals surface area contributed by atoms with Gasteiger partial charge in [0.15, 0.2) is 10.3 Å². The Balaban J connectivity index is 2.01. The summed E-state index contributed by atoms with van der Waals surface area (Å²) < 4.78 is 27.2. The van der Waals surface area contributed by atoms with Crippen molar-refractivity contribution in [2.75, 3.05) is 7.11 Å². The SMILES string of the molecule is COS(=O)c1snc(OC(c2ccccc2)c2ccccc2)c1C#N. The number of ether oxygens (including phenoxy) is 1. The van der Waals surface area contributed by atoms with Crippen LogP contribution in [0.5, 0.6) is 5.88 Å². The largest absolute Gasteiger partial charge is 0.463 e. The third-order valence-electron chi connectivity index (χ3n) is 3.48. The summed E-state index contributed by atoms with van der Waals surface area (Å²) in [7, 11) is 1.31. The standard InChI is InChI=1S/C18H14N2O3S2/c1-22-25(21)18-15(12-19)17(20-24-18)23-16(13-8-4-2-5-9-13)14-10-6-3-7-11-14/h2-11,16H,1H3. The lowest BCUT2D eigenvalue weighted by molar-refractivity contribution is 0.238. The van der Waals surface area contributed by atoms with Gasteiger partial charge in [0, 0.05) is 0 Å². The Labute approximate surface area is 152 Å². The molecule has 0 radical (unpaired) electrons. The zero-order chi connectivity index (χ0) is 17.6. The fourth-order valence-electron chi connectivity index (χ4n) is 2.32. The quantitative estimate of drug-likeness (QED) is 0.659. The monoisotopic (exact) mass is 370 g/mol. The predicted octanol–water partition coefficient (Wildman–Crippen LogP) is 3.85. The van der Waals surface area contributed by atoms with E-state index in [2.05, 4.69) is 4.37 Å². The lowest BCUT2D eigenvalue weighted by atomic mass is 10.0. The number of nitrogens with zero attached hydrogens (tertiary/aromatic N) is 2. The Hall–Kier alpha value is -2.53. The highest BCUT2D eigenvalue weighted by atomic mass is 32.2. The van der Waals surface area contributed by atoms with E-state index in [1.54, 1.807) is 0 Å². The van der Waals surface area contributed by atoms with Crippen molar-refractivity contribution >= 4 is 22.6 Å². The number of rotatable bonds is 6. The molecular weight excluding hydrogens is 356 g/mol. The van der Waals surface area contributed by atoms with Crippen molar-refractivity contribution in [3.63, 3.8) is 0 Å². The van der Waals surface area contributed by atoms with Crippen molar-refractivity contribution in [2.24, 2.45) is 0 Å². The van der Waals surface area contributed by atoms with E-state index in [1.165, 1.54) is 7.11 Å². The highest BCUT2D eigenvalue weighted by molar-refractivity contribution is 7.82. The van der Waals surface area contributed by atoms with Crippen LogP contribution >= 0.6 is 11.5 Å². The first-order valence-electron chi connectivity index (χ1n) is 7.37. The predicted molar refractivity (Wildman–Crippen MR) is 95.6 cm³/mol. The molecule has 2 aromatic carbocycles. The molecule has 1 aromatic heterocycles. The van der Waals surface area contributed by atoms with E-state index in [1.807, 2.05) is 66.7 Å². The summed E-state index contributed by atoms with van der Waals surface area (Å²) in [6.07, 6.45) is -0.430. The molecule has 25 heavy (non-hydrogen) atoms. The Morgan fingerprint density at radius 3 is 2.12 bits per heavy atom. The maximum absolute atomic E-state index is 11.9. The van der Waals surface area contributed by atoms with Crippen molar-refractivity contribution < 1.29 is 13.1 Å². The molecule has 7 heteroatoms. The third kappa shape index (κ3) is 3.77. The molecule has 0 N–H and O–H groups in total. The molecule has 3 aromatic rings. The summed E-state index contributed by atoms with van der Waals surface area (Å²) in [5.74, 6) is 0.158. The highest BCUT2D eigenvalue weighted by Gasteiger charge is 2.24. The van der Waals surface area contributed by atoms with E-state index in [0.29, 0.717) is 0 Å². The first kappa shape index (κ1) is 17.3. The molecule has 0 aliphatic rings. The van der Waals surface area contributed by atoms with Crippen LogP contribution in [0.1, 0.15) is 22.8 Å². The van der Waals surface area contributed by atoms with E-state index >= 15 is 0 Å². The minimum atomic E-state index is -1.73. The second-order valence-electron chi connectivity index (χ2n) is 4.98. The fourth-order valence-corrected chi connectivity index (χ4v) is 3.86. The van der Waals surface area contributed by atoms with Crippen molar-refractivity contribution in [1.29, 1.82) is 5.26 Å². The Kier molecular flexibility index (Phi) is 5.56. The molecule has 3 rings (SSSR count). The van der Waals surface area contributed by atoms with Crippen LogP contribution in [0.4, 0.5) is 0 Å². The van der Waals surface area contributed by atoms with Gasteiger partial charge in [-0.2, -0.15) is 9.64 Å². The average molecular weight is 370 g/mol. The molecule has 5 nitrogen and oxygen atoms in total. The molecule has 0 bridgehead atoms. The molecule has 1 heterocycles. The lowest BCUT2D eigenvalue weighted by Crippen LogP contribution is -2.10. The van der Waals surface area contributed by atoms with Gasteiger partial charge in [-0.3, -0.25) is 4.18 Å². The molecule has 1 unspecified atom stereocenters. The smallest absolute Gasteiger partial charge is 0.245 e. The molecule has 0 saturated heterocycles. The minimum Gasteiger partial charge on any atom is -0.463 e. The molecule has 0 amide bonds. The number of hydrogen-bond donors (Lipinski definition) is 0. The second-order valence-corrected chi connectivity index (χ2v) is 7.23. The van der Waals surface area contributed by atoms with E-state index in [0.717, 1.165) is 22.7 Å². The molecule has 0 spiro atoms. The number of benzene rings is 2. The van der Waals surface area contributed by atoms with Gasteiger partial charge in [-0.25, -0.2) is 4.21 Å². The van der Waals surface area contributed by atoms with Gasteiger partial charge < -0.3 is 4.74 Å². The normalized spacial score (nSPS) is 11.9. The van der Waals surface area contributed by atoms with Crippen LogP contribution in [0.25, 0.3) is 0 Å². The van der Waals surface area contributed by atoms with Crippen LogP contribution in [0.15, 0.2) is 64.9 Å². The maximum atomic E-state index is 11.9. The van der Waals surface area contributed by atoms with Gasteiger partial charge in [-0.15, -0.1) is 0 Å². The summed E-state index contributed by atoms with van der Waals surface area (Å²) in [5.41, 5.74) is 2.00. The van der Waals surface area contributed by atoms with E-state index in [9.17, 15) is 9.47 Å². The Morgan fingerprint density at radius 2 is 1.64 bits per heavy atom. The van der Waals surface area contributed by atoms with Gasteiger partial charge >= 0.3 is 0 Å². The summed E-state index contributed by atoms with van der Waals surface area (Å²) in [6.45, 7) is 0. The summed E-state index contributed by atoms with van der Waals surface area (Å²) in [4.78, 5) is 0.